The van der Waals surface area contributed by atoms with E-state index in [4.69, 9.17) is 9.16 Å². The molecule has 29 heavy (non-hydrogen) atoms. The van der Waals surface area contributed by atoms with Gasteiger partial charge < -0.3 is 9.16 Å². The fourth-order valence-corrected chi connectivity index (χ4v) is 13.0. The number of hydrogen-bond acceptors (Lipinski definition) is 3. The van der Waals surface area contributed by atoms with Gasteiger partial charge in [0.05, 0.1) is 20.1 Å². The number of carbonyl (C=O) groups excluding carboxylic acids is 1. The predicted molar refractivity (Wildman–Crippen MR) is 133 cm³/mol. The molecule has 0 amide bonds. The van der Waals surface area contributed by atoms with Crippen molar-refractivity contribution in [1.82, 2.24) is 0 Å². The Hall–Kier alpha value is -0.136. The van der Waals surface area contributed by atoms with Crippen molar-refractivity contribution in [3.05, 3.63) is 0 Å². The predicted octanol–water partition coefficient (Wildman–Crippen LogP) is 7.96. The van der Waals surface area contributed by atoms with Crippen molar-refractivity contribution < 1.29 is 14.0 Å². The second kappa shape index (κ2) is 10.9. The van der Waals surface area contributed by atoms with Crippen LogP contribution in [0.3, 0.4) is 0 Å². The van der Waals surface area contributed by atoms with E-state index in [1.807, 2.05) is 20.8 Å². The third-order valence-corrected chi connectivity index (χ3v) is 16.2. The standard InChI is InChI=1S/C24H52O3Si2/c1-13-22(6,7)21(25)26-20-18-19-23(14-2,15-3)29(11,12)27-24(16-4,17-5)28(8,9)10/h13-20H2,1-12H3. The zero-order valence-electron chi connectivity index (χ0n) is 21.9. The van der Waals surface area contributed by atoms with Gasteiger partial charge in [0.15, 0.2) is 8.32 Å². The number of rotatable bonds is 14. The van der Waals surface area contributed by atoms with E-state index in [0.717, 1.165) is 44.9 Å². The van der Waals surface area contributed by atoms with Crippen LogP contribution in [0.25, 0.3) is 0 Å². The first-order valence-electron chi connectivity index (χ1n) is 12.0. The lowest BCUT2D eigenvalue weighted by atomic mass is 9.91. The molecule has 0 aromatic rings. The largest absolute Gasteiger partial charge is 0.465 e. The van der Waals surface area contributed by atoms with Gasteiger partial charge >= 0.3 is 5.97 Å². The molecule has 0 spiro atoms. The normalized spacial score (nSPS) is 14.2. The first-order chi connectivity index (χ1) is 13.1. The van der Waals surface area contributed by atoms with Crippen LogP contribution in [0, 0.1) is 5.41 Å². The maximum atomic E-state index is 12.3. The van der Waals surface area contributed by atoms with Gasteiger partial charge in [-0.15, -0.1) is 0 Å². The summed E-state index contributed by atoms with van der Waals surface area (Å²) in [5.41, 5.74) is -0.386. The van der Waals surface area contributed by atoms with Crippen molar-refractivity contribution in [2.75, 3.05) is 6.61 Å². The summed E-state index contributed by atoms with van der Waals surface area (Å²) in [6.45, 7) is 28.0. The van der Waals surface area contributed by atoms with E-state index >= 15 is 0 Å². The first kappa shape index (κ1) is 28.9. The van der Waals surface area contributed by atoms with Crippen LogP contribution in [0.2, 0.25) is 37.8 Å². The smallest absolute Gasteiger partial charge is 0.311 e. The Morgan fingerprint density at radius 1 is 0.793 bits per heavy atom. The lowest BCUT2D eigenvalue weighted by molar-refractivity contribution is -0.154. The van der Waals surface area contributed by atoms with E-state index in [0.29, 0.717) is 6.61 Å². The molecular formula is C24H52O3Si2. The van der Waals surface area contributed by atoms with Crippen molar-refractivity contribution in [2.45, 2.75) is 136 Å². The van der Waals surface area contributed by atoms with Crippen molar-refractivity contribution in [3.8, 4) is 0 Å². The molecule has 0 saturated heterocycles. The molecular weight excluding hydrogens is 392 g/mol. The van der Waals surface area contributed by atoms with Gasteiger partial charge in [-0.1, -0.05) is 67.1 Å². The highest BCUT2D eigenvalue weighted by atomic mass is 28.4. The second-order valence-corrected chi connectivity index (χ2v) is 20.7. The van der Waals surface area contributed by atoms with Crippen molar-refractivity contribution >= 4 is 22.4 Å². The molecule has 0 aliphatic heterocycles. The van der Waals surface area contributed by atoms with Crippen LogP contribution >= 0.6 is 0 Å². The first-order valence-corrected chi connectivity index (χ1v) is 18.4. The van der Waals surface area contributed by atoms with Crippen LogP contribution < -0.4 is 0 Å². The highest BCUT2D eigenvalue weighted by molar-refractivity contribution is 6.81. The summed E-state index contributed by atoms with van der Waals surface area (Å²) < 4.78 is 12.9. The Morgan fingerprint density at radius 2 is 1.28 bits per heavy atom. The van der Waals surface area contributed by atoms with E-state index in [1.165, 1.54) is 0 Å². The molecule has 0 atom stereocenters. The minimum Gasteiger partial charge on any atom is -0.465 e. The number of esters is 1. The molecule has 0 N–H and O–H groups in total. The molecule has 0 heterocycles. The average molecular weight is 445 g/mol. The average Bonchev–Trinajstić information content (AvgIpc) is 2.65. The molecule has 0 aromatic heterocycles. The molecule has 174 valence electrons. The van der Waals surface area contributed by atoms with Crippen molar-refractivity contribution in [3.63, 3.8) is 0 Å². The van der Waals surface area contributed by atoms with Crippen LogP contribution in [0.15, 0.2) is 0 Å². The van der Waals surface area contributed by atoms with Gasteiger partial charge in [0, 0.05) is 5.22 Å². The van der Waals surface area contributed by atoms with Gasteiger partial charge in [0.2, 0.25) is 0 Å². The van der Waals surface area contributed by atoms with Gasteiger partial charge in [-0.25, -0.2) is 0 Å². The summed E-state index contributed by atoms with van der Waals surface area (Å²) in [4.78, 5) is 12.3. The van der Waals surface area contributed by atoms with E-state index in [9.17, 15) is 4.79 Å². The lowest BCUT2D eigenvalue weighted by Crippen LogP contribution is -2.61. The summed E-state index contributed by atoms with van der Waals surface area (Å²) in [7, 11) is -3.48. The molecule has 0 unspecified atom stereocenters. The Labute approximate surface area is 184 Å². The summed E-state index contributed by atoms with van der Waals surface area (Å²) in [6.07, 6.45) is 7.27. The molecule has 0 saturated carbocycles. The fourth-order valence-electron chi connectivity index (χ4n) is 4.88. The molecule has 0 aliphatic carbocycles. The molecule has 3 nitrogen and oxygen atoms in total. The van der Waals surface area contributed by atoms with E-state index in [1.54, 1.807) is 0 Å². The number of carbonyl (C=O) groups is 1. The maximum absolute atomic E-state index is 12.3. The van der Waals surface area contributed by atoms with Gasteiger partial charge in [0.1, 0.15) is 0 Å². The molecule has 0 radical (unpaired) electrons. The third kappa shape index (κ3) is 6.67. The van der Waals surface area contributed by atoms with Crippen LogP contribution in [0.4, 0.5) is 0 Å². The van der Waals surface area contributed by atoms with E-state index in [2.05, 4.69) is 60.4 Å². The zero-order valence-corrected chi connectivity index (χ0v) is 23.9. The number of ether oxygens (including phenoxy) is 1. The van der Waals surface area contributed by atoms with Gasteiger partial charge in [0.25, 0.3) is 0 Å². The summed E-state index contributed by atoms with van der Waals surface area (Å²) in [6, 6.07) is 0. The van der Waals surface area contributed by atoms with Gasteiger partial charge in [-0.05, 0) is 64.1 Å². The second-order valence-electron chi connectivity index (χ2n) is 11.0. The summed E-state index contributed by atoms with van der Waals surface area (Å²) in [5, 5.41) is 0.269. The Morgan fingerprint density at radius 3 is 1.62 bits per heavy atom. The van der Waals surface area contributed by atoms with Crippen LogP contribution in [0.1, 0.15) is 93.4 Å². The van der Waals surface area contributed by atoms with Crippen LogP contribution in [-0.4, -0.2) is 34.2 Å². The van der Waals surface area contributed by atoms with Crippen molar-refractivity contribution in [1.29, 1.82) is 0 Å². The number of hydrogen-bond donors (Lipinski definition) is 0. The molecule has 0 fully saturated rings. The monoisotopic (exact) mass is 444 g/mol. The summed E-state index contributed by atoms with van der Waals surface area (Å²) >= 11 is 0. The highest BCUT2D eigenvalue weighted by Crippen LogP contribution is 2.52. The molecule has 0 aliphatic rings. The van der Waals surface area contributed by atoms with Gasteiger partial charge in [-0.2, -0.15) is 0 Å². The Balaban J connectivity index is 5.40. The highest BCUT2D eigenvalue weighted by Gasteiger charge is 2.52. The molecule has 0 rings (SSSR count). The van der Waals surface area contributed by atoms with Crippen molar-refractivity contribution in [2.24, 2.45) is 5.41 Å². The van der Waals surface area contributed by atoms with Crippen LogP contribution in [-0.2, 0) is 14.0 Å². The zero-order chi connectivity index (χ0) is 23.1. The topological polar surface area (TPSA) is 35.5 Å². The third-order valence-electron chi connectivity index (χ3n) is 8.06. The van der Waals surface area contributed by atoms with E-state index < -0.39 is 16.4 Å². The minimum absolute atomic E-state index is 0.0515. The molecule has 0 bridgehead atoms. The molecule has 0 aromatic carbocycles. The Bertz CT molecular complexity index is 499. The minimum atomic E-state index is -2.00. The van der Waals surface area contributed by atoms with Gasteiger partial charge in [-0.3, -0.25) is 4.79 Å². The Kier molecular flexibility index (Phi) is 10.9. The lowest BCUT2D eigenvalue weighted by Gasteiger charge is -2.53. The molecule has 5 heteroatoms. The maximum Gasteiger partial charge on any atom is 0.311 e. The summed E-state index contributed by atoms with van der Waals surface area (Å²) in [5.74, 6) is -0.0685. The quantitative estimate of drug-likeness (QED) is 0.155. The fraction of sp³-hybridized carbons (Fsp3) is 0.958. The SMILES string of the molecule is CCC(C)(C)C(=O)OCCCC(CC)(CC)[Si](C)(C)OC(CC)(CC)[Si](C)(C)C. The van der Waals surface area contributed by atoms with E-state index in [-0.39, 0.29) is 21.6 Å². The van der Waals surface area contributed by atoms with Crippen LogP contribution in [0.5, 0.6) is 0 Å².